The van der Waals surface area contributed by atoms with E-state index in [1.807, 2.05) is 0 Å². The molecular formula is C10H18N2O. The highest BCUT2D eigenvalue weighted by Crippen LogP contribution is 2.20. The maximum atomic E-state index is 10.9. The van der Waals surface area contributed by atoms with Crippen LogP contribution in [0.1, 0.15) is 26.7 Å². The summed E-state index contributed by atoms with van der Waals surface area (Å²) in [6, 6.07) is 1.46. The SMILES string of the molecule is C=CC(=O)NC1CC(NC(C)C)C1. The van der Waals surface area contributed by atoms with Gasteiger partial charge in [0.15, 0.2) is 0 Å². The van der Waals surface area contributed by atoms with Crippen LogP contribution in [0.3, 0.4) is 0 Å². The Balaban J connectivity index is 2.11. The highest BCUT2D eigenvalue weighted by molar-refractivity contribution is 5.87. The van der Waals surface area contributed by atoms with Gasteiger partial charge in [0, 0.05) is 18.1 Å². The van der Waals surface area contributed by atoms with Gasteiger partial charge in [0.1, 0.15) is 0 Å². The lowest BCUT2D eigenvalue weighted by atomic mass is 9.86. The quantitative estimate of drug-likeness (QED) is 0.632. The minimum Gasteiger partial charge on any atom is -0.350 e. The van der Waals surface area contributed by atoms with Gasteiger partial charge < -0.3 is 10.6 Å². The van der Waals surface area contributed by atoms with E-state index in [1.54, 1.807) is 0 Å². The molecule has 1 aliphatic rings. The predicted octanol–water partition coefficient (Wildman–Crippen LogP) is 0.818. The summed E-state index contributed by atoms with van der Waals surface area (Å²) in [5, 5.41) is 6.30. The van der Waals surface area contributed by atoms with Crippen molar-refractivity contribution in [2.24, 2.45) is 0 Å². The van der Waals surface area contributed by atoms with E-state index in [-0.39, 0.29) is 5.91 Å². The molecule has 3 nitrogen and oxygen atoms in total. The topological polar surface area (TPSA) is 41.1 Å². The third kappa shape index (κ3) is 3.19. The molecule has 3 heteroatoms. The number of carbonyl (C=O) groups excluding carboxylic acids is 1. The summed E-state index contributed by atoms with van der Waals surface area (Å²) in [6.07, 6.45) is 3.40. The highest BCUT2D eigenvalue weighted by Gasteiger charge is 2.29. The maximum absolute atomic E-state index is 10.9. The highest BCUT2D eigenvalue weighted by atomic mass is 16.1. The number of hydrogen-bond acceptors (Lipinski definition) is 2. The van der Waals surface area contributed by atoms with Crippen molar-refractivity contribution in [1.82, 2.24) is 10.6 Å². The maximum Gasteiger partial charge on any atom is 0.243 e. The Morgan fingerprint density at radius 1 is 1.46 bits per heavy atom. The van der Waals surface area contributed by atoms with Crippen LogP contribution in [0.5, 0.6) is 0 Å². The largest absolute Gasteiger partial charge is 0.350 e. The standard InChI is InChI=1S/C10H18N2O/c1-4-10(13)12-9-5-8(6-9)11-7(2)3/h4,7-9,11H,1,5-6H2,2-3H3,(H,12,13). The molecule has 2 N–H and O–H groups in total. The molecule has 0 atom stereocenters. The van der Waals surface area contributed by atoms with E-state index in [1.165, 1.54) is 6.08 Å². The minimum absolute atomic E-state index is 0.0620. The first-order valence-electron chi connectivity index (χ1n) is 4.80. The van der Waals surface area contributed by atoms with Crippen LogP contribution in [0.4, 0.5) is 0 Å². The van der Waals surface area contributed by atoms with E-state index in [0.717, 1.165) is 12.8 Å². The number of amides is 1. The third-order valence-electron chi connectivity index (χ3n) is 2.24. The summed E-state index contributed by atoms with van der Waals surface area (Å²) >= 11 is 0. The Labute approximate surface area is 79.6 Å². The molecule has 0 heterocycles. The van der Waals surface area contributed by atoms with Crippen LogP contribution in [0, 0.1) is 0 Å². The zero-order valence-corrected chi connectivity index (χ0v) is 8.34. The molecule has 1 amide bonds. The Bertz CT molecular complexity index is 195. The van der Waals surface area contributed by atoms with E-state index in [9.17, 15) is 4.79 Å². The molecule has 0 bridgehead atoms. The molecule has 0 aliphatic heterocycles. The molecule has 0 radical (unpaired) electrons. The lowest BCUT2D eigenvalue weighted by Crippen LogP contribution is -2.53. The molecule has 74 valence electrons. The van der Waals surface area contributed by atoms with Gasteiger partial charge in [-0.15, -0.1) is 0 Å². The first-order valence-corrected chi connectivity index (χ1v) is 4.80. The van der Waals surface area contributed by atoms with Crippen LogP contribution in [-0.4, -0.2) is 24.0 Å². The Hall–Kier alpha value is -0.830. The van der Waals surface area contributed by atoms with Crippen molar-refractivity contribution in [2.75, 3.05) is 0 Å². The average Bonchev–Trinajstić information content (AvgIpc) is 1.99. The van der Waals surface area contributed by atoms with Gasteiger partial charge in [-0.05, 0) is 18.9 Å². The van der Waals surface area contributed by atoms with Crippen molar-refractivity contribution in [2.45, 2.75) is 44.8 Å². The van der Waals surface area contributed by atoms with Crippen molar-refractivity contribution < 1.29 is 4.79 Å². The molecule has 0 unspecified atom stereocenters. The third-order valence-corrected chi connectivity index (χ3v) is 2.24. The van der Waals surface area contributed by atoms with Crippen LogP contribution < -0.4 is 10.6 Å². The predicted molar refractivity (Wildman–Crippen MR) is 53.4 cm³/mol. The molecule has 1 fully saturated rings. The summed E-state index contributed by atoms with van der Waals surface area (Å²) in [6.45, 7) is 7.68. The van der Waals surface area contributed by atoms with Gasteiger partial charge in [-0.3, -0.25) is 4.79 Å². The van der Waals surface area contributed by atoms with Crippen molar-refractivity contribution >= 4 is 5.91 Å². The second-order valence-corrected chi connectivity index (χ2v) is 3.90. The Morgan fingerprint density at radius 3 is 2.54 bits per heavy atom. The van der Waals surface area contributed by atoms with Crippen LogP contribution in [0.15, 0.2) is 12.7 Å². The molecule has 0 aromatic heterocycles. The van der Waals surface area contributed by atoms with Crippen molar-refractivity contribution in [3.8, 4) is 0 Å². The Morgan fingerprint density at radius 2 is 2.08 bits per heavy atom. The van der Waals surface area contributed by atoms with Crippen LogP contribution in [0.25, 0.3) is 0 Å². The molecule has 1 aliphatic carbocycles. The zero-order chi connectivity index (χ0) is 9.84. The van der Waals surface area contributed by atoms with E-state index in [0.29, 0.717) is 18.1 Å². The first kappa shape index (κ1) is 10.3. The average molecular weight is 182 g/mol. The molecular weight excluding hydrogens is 164 g/mol. The molecule has 1 rings (SSSR count). The molecule has 13 heavy (non-hydrogen) atoms. The van der Waals surface area contributed by atoms with Gasteiger partial charge in [-0.2, -0.15) is 0 Å². The van der Waals surface area contributed by atoms with E-state index < -0.39 is 0 Å². The summed E-state index contributed by atoms with van der Waals surface area (Å²) in [5.41, 5.74) is 0. The fraction of sp³-hybridized carbons (Fsp3) is 0.700. The van der Waals surface area contributed by atoms with Gasteiger partial charge in [-0.1, -0.05) is 20.4 Å². The molecule has 0 aromatic rings. The van der Waals surface area contributed by atoms with Crippen LogP contribution in [-0.2, 0) is 4.79 Å². The second kappa shape index (κ2) is 4.42. The molecule has 0 saturated heterocycles. The van der Waals surface area contributed by atoms with Gasteiger partial charge in [0.25, 0.3) is 0 Å². The number of hydrogen-bond donors (Lipinski definition) is 2. The fourth-order valence-corrected chi connectivity index (χ4v) is 1.60. The van der Waals surface area contributed by atoms with Gasteiger partial charge in [0.05, 0.1) is 0 Å². The van der Waals surface area contributed by atoms with Gasteiger partial charge >= 0.3 is 0 Å². The monoisotopic (exact) mass is 182 g/mol. The summed E-state index contributed by atoms with van der Waals surface area (Å²) < 4.78 is 0. The Kier molecular flexibility index (Phi) is 3.48. The lowest BCUT2D eigenvalue weighted by molar-refractivity contribution is -0.117. The van der Waals surface area contributed by atoms with Crippen LogP contribution in [0.2, 0.25) is 0 Å². The summed E-state index contributed by atoms with van der Waals surface area (Å²) in [5.74, 6) is -0.0620. The molecule has 1 saturated carbocycles. The minimum atomic E-state index is -0.0620. The summed E-state index contributed by atoms with van der Waals surface area (Å²) in [4.78, 5) is 10.9. The normalized spacial score (nSPS) is 26.7. The molecule has 0 spiro atoms. The van der Waals surface area contributed by atoms with Crippen molar-refractivity contribution in [1.29, 1.82) is 0 Å². The van der Waals surface area contributed by atoms with Crippen molar-refractivity contribution in [3.05, 3.63) is 12.7 Å². The van der Waals surface area contributed by atoms with Crippen molar-refractivity contribution in [3.63, 3.8) is 0 Å². The zero-order valence-electron chi connectivity index (χ0n) is 8.34. The lowest BCUT2D eigenvalue weighted by Gasteiger charge is -2.37. The molecule has 0 aromatic carbocycles. The first-order chi connectivity index (χ1) is 6.11. The van der Waals surface area contributed by atoms with Gasteiger partial charge in [0.2, 0.25) is 5.91 Å². The smallest absolute Gasteiger partial charge is 0.243 e. The fourth-order valence-electron chi connectivity index (χ4n) is 1.60. The number of rotatable bonds is 4. The van der Waals surface area contributed by atoms with E-state index in [4.69, 9.17) is 0 Å². The van der Waals surface area contributed by atoms with E-state index in [2.05, 4.69) is 31.1 Å². The van der Waals surface area contributed by atoms with E-state index >= 15 is 0 Å². The number of carbonyl (C=O) groups is 1. The summed E-state index contributed by atoms with van der Waals surface area (Å²) in [7, 11) is 0. The number of nitrogens with one attached hydrogen (secondary N) is 2. The second-order valence-electron chi connectivity index (χ2n) is 3.90. The van der Waals surface area contributed by atoms with Gasteiger partial charge in [-0.25, -0.2) is 0 Å². The van der Waals surface area contributed by atoms with Crippen LogP contribution >= 0.6 is 0 Å².